The SMILES string of the molecule is C#Cc1cccc([Si](C)(C)C)c1. The van der Waals surface area contributed by atoms with E-state index in [4.69, 9.17) is 6.42 Å². The Kier molecular flexibility index (Phi) is 2.39. The minimum atomic E-state index is -1.18. The van der Waals surface area contributed by atoms with Crippen molar-refractivity contribution in [2.45, 2.75) is 19.6 Å². The second kappa shape index (κ2) is 3.16. The van der Waals surface area contributed by atoms with Crippen LogP contribution in [0.5, 0.6) is 0 Å². The van der Waals surface area contributed by atoms with Gasteiger partial charge in [0.1, 0.15) is 0 Å². The smallest absolute Gasteiger partial charge is 0.0776 e. The van der Waals surface area contributed by atoms with Crippen LogP contribution in [0.3, 0.4) is 0 Å². The van der Waals surface area contributed by atoms with E-state index >= 15 is 0 Å². The zero-order chi connectivity index (χ0) is 9.19. The Balaban J connectivity index is 3.13. The summed E-state index contributed by atoms with van der Waals surface area (Å²) in [6.45, 7) is 6.97. The summed E-state index contributed by atoms with van der Waals surface area (Å²) in [6.07, 6.45) is 5.33. The lowest BCUT2D eigenvalue weighted by Crippen LogP contribution is -2.37. The summed E-state index contributed by atoms with van der Waals surface area (Å²) >= 11 is 0. The molecule has 0 aromatic heterocycles. The molecule has 0 saturated carbocycles. The topological polar surface area (TPSA) is 0 Å². The first-order valence-electron chi connectivity index (χ1n) is 4.11. The standard InChI is InChI=1S/C11H14Si/c1-5-10-7-6-8-11(9-10)12(2,3)4/h1,6-9H,2-4H3. The third kappa shape index (κ3) is 1.99. The van der Waals surface area contributed by atoms with Crippen molar-refractivity contribution in [1.82, 2.24) is 0 Å². The van der Waals surface area contributed by atoms with Crippen molar-refractivity contribution >= 4 is 13.3 Å². The van der Waals surface area contributed by atoms with Gasteiger partial charge in [0.25, 0.3) is 0 Å². The Morgan fingerprint density at radius 2 is 1.92 bits per heavy atom. The van der Waals surface area contributed by atoms with Gasteiger partial charge < -0.3 is 0 Å². The van der Waals surface area contributed by atoms with E-state index in [1.165, 1.54) is 5.19 Å². The van der Waals surface area contributed by atoms with Crippen molar-refractivity contribution in [2.75, 3.05) is 0 Å². The molecular formula is C11H14Si. The molecule has 0 N–H and O–H groups in total. The van der Waals surface area contributed by atoms with Crippen molar-refractivity contribution < 1.29 is 0 Å². The molecule has 0 heterocycles. The minimum absolute atomic E-state index is 0.995. The molecule has 1 rings (SSSR count). The predicted molar refractivity (Wildman–Crippen MR) is 57.4 cm³/mol. The van der Waals surface area contributed by atoms with Crippen molar-refractivity contribution in [3.05, 3.63) is 29.8 Å². The van der Waals surface area contributed by atoms with Gasteiger partial charge in [0.2, 0.25) is 0 Å². The quantitative estimate of drug-likeness (QED) is 0.452. The van der Waals surface area contributed by atoms with Gasteiger partial charge in [0.05, 0.1) is 8.07 Å². The Hall–Kier alpha value is -1.00. The largest absolute Gasteiger partial charge is 0.115 e. The van der Waals surface area contributed by atoms with Crippen LogP contribution in [0.25, 0.3) is 0 Å². The molecular weight excluding hydrogens is 160 g/mol. The van der Waals surface area contributed by atoms with Crippen LogP contribution in [0.2, 0.25) is 19.6 Å². The first kappa shape index (κ1) is 9.09. The maximum absolute atomic E-state index is 5.33. The van der Waals surface area contributed by atoms with Gasteiger partial charge in [0.15, 0.2) is 0 Å². The summed E-state index contributed by atoms with van der Waals surface area (Å²) in [6, 6.07) is 8.33. The molecule has 62 valence electrons. The summed E-state index contributed by atoms with van der Waals surface area (Å²) in [4.78, 5) is 0. The first-order valence-corrected chi connectivity index (χ1v) is 7.61. The molecule has 0 nitrogen and oxygen atoms in total. The molecule has 12 heavy (non-hydrogen) atoms. The van der Waals surface area contributed by atoms with Crippen LogP contribution < -0.4 is 5.19 Å². The molecule has 0 spiro atoms. The van der Waals surface area contributed by atoms with Crippen molar-refractivity contribution in [2.24, 2.45) is 0 Å². The maximum atomic E-state index is 5.33. The maximum Gasteiger partial charge on any atom is 0.0776 e. The van der Waals surface area contributed by atoms with Crippen molar-refractivity contribution in [3.8, 4) is 12.3 Å². The first-order chi connectivity index (χ1) is 5.54. The zero-order valence-electron chi connectivity index (χ0n) is 7.89. The highest BCUT2D eigenvalue weighted by molar-refractivity contribution is 6.88. The second-order valence-corrected chi connectivity index (χ2v) is 9.05. The van der Waals surface area contributed by atoms with Gasteiger partial charge in [-0.15, -0.1) is 6.42 Å². The van der Waals surface area contributed by atoms with Crippen molar-refractivity contribution in [3.63, 3.8) is 0 Å². The number of hydrogen-bond donors (Lipinski definition) is 0. The Labute approximate surface area is 75.6 Å². The molecule has 0 atom stereocenters. The lowest BCUT2D eigenvalue weighted by Gasteiger charge is -2.16. The van der Waals surface area contributed by atoms with E-state index in [1.807, 2.05) is 12.1 Å². The van der Waals surface area contributed by atoms with E-state index in [-0.39, 0.29) is 0 Å². The molecule has 1 aromatic carbocycles. The van der Waals surface area contributed by atoms with Crippen LogP contribution in [0.15, 0.2) is 24.3 Å². The van der Waals surface area contributed by atoms with Gasteiger partial charge in [0, 0.05) is 5.56 Å². The zero-order valence-corrected chi connectivity index (χ0v) is 8.89. The number of rotatable bonds is 1. The van der Waals surface area contributed by atoms with E-state index in [1.54, 1.807) is 0 Å². The molecule has 0 bridgehead atoms. The lowest BCUT2D eigenvalue weighted by molar-refractivity contribution is 1.64. The van der Waals surface area contributed by atoms with Gasteiger partial charge in [-0.25, -0.2) is 0 Å². The summed E-state index contributed by atoms with van der Waals surface area (Å²) in [5, 5.41) is 1.43. The van der Waals surface area contributed by atoms with E-state index < -0.39 is 8.07 Å². The van der Waals surface area contributed by atoms with Crippen LogP contribution in [0.1, 0.15) is 5.56 Å². The third-order valence-corrected chi connectivity index (χ3v) is 3.94. The normalized spacial score (nSPS) is 10.8. The summed E-state index contributed by atoms with van der Waals surface area (Å²) in [5.74, 6) is 2.66. The molecule has 0 amide bonds. The van der Waals surface area contributed by atoms with Crippen LogP contribution in [0, 0.1) is 12.3 Å². The molecule has 1 heteroatoms. The molecule has 0 aliphatic heterocycles. The molecule has 0 saturated heterocycles. The fraction of sp³-hybridized carbons (Fsp3) is 0.273. The highest BCUT2D eigenvalue weighted by Crippen LogP contribution is 2.03. The molecule has 0 radical (unpaired) electrons. The minimum Gasteiger partial charge on any atom is -0.115 e. The third-order valence-electron chi connectivity index (χ3n) is 1.90. The average Bonchev–Trinajstić information content (AvgIpc) is 2.03. The van der Waals surface area contributed by atoms with Gasteiger partial charge in [-0.1, -0.05) is 42.9 Å². The van der Waals surface area contributed by atoms with Gasteiger partial charge >= 0.3 is 0 Å². The summed E-state index contributed by atoms with van der Waals surface area (Å²) < 4.78 is 0. The van der Waals surface area contributed by atoms with Gasteiger partial charge in [-0.05, 0) is 12.1 Å². The highest BCUT2D eigenvalue weighted by Gasteiger charge is 2.15. The molecule has 0 aliphatic rings. The van der Waals surface area contributed by atoms with Gasteiger partial charge in [-0.3, -0.25) is 0 Å². The molecule has 1 aromatic rings. The van der Waals surface area contributed by atoms with Gasteiger partial charge in [-0.2, -0.15) is 0 Å². The Morgan fingerprint density at radius 1 is 1.25 bits per heavy atom. The van der Waals surface area contributed by atoms with Crippen LogP contribution in [0.4, 0.5) is 0 Å². The molecule has 0 aliphatic carbocycles. The van der Waals surface area contributed by atoms with E-state index in [0.29, 0.717) is 0 Å². The van der Waals surface area contributed by atoms with E-state index in [9.17, 15) is 0 Å². The average molecular weight is 174 g/mol. The molecule has 0 unspecified atom stereocenters. The molecule has 0 fully saturated rings. The van der Waals surface area contributed by atoms with E-state index in [0.717, 1.165) is 5.56 Å². The van der Waals surface area contributed by atoms with E-state index in [2.05, 4.69) is 37.7 Å². The number of benzene rings is 1. The Bertz CT molecular complexity index is 313. The Morgan fingerprint density at radius 3 is 2.42 bits per heavy atom. The summed E-state index contributed by atoms with van der Waals surface area (Å²) in [7, 11) is -1.18. The number of hydrogen-bond acceptors (Lipinski definition) is 0. The van der Waals surface area contributed by atoms with Crippen LogP contribution in [-0.2, 0) is 0 Å². The highest BCUT2D eigenvalue weighted by atomic mass is 28.3. The fourth-order valence-electron chi connectivity index (χ4n) is 1.08. The summed E-state index contributed by atoms with van der Waals surface area (Å²) in [5.41, 5.74) is 0.995. The van der Waals surface area contributed by atoms with Crippen LogP contribution in [-0.4, -0.2) is 8.07 Å². The predicted octanol–water partition coefficient (Wildman–Crippen LogP) is 2.21. The fourth-order valence-corrected chi connectivity index (χ4v) is 2.26. The second-order valence-electron chi connectivity index (χ2n) is 3.98. The van der Waals surface area contributed by atoms with Crippen LogP contribution >= 0.6 is 0 Å². The monoisotopic (exact) mass is 174 g/mol. The lowest BCUT2D eigenvalue weighted by atomic mass is 10.2. The van der Waals surface area contributed by atoms with Crippen molar-refractivity contribution in [1.29, 1.82) is 0 Å². The number of terminal acetylenes is 1.